The van der Waals surface area contributed by atoms with E-state index in [4.69, 9.17) is 4.74 Å². The molecule has 0 atom stereocenters. The van der Waals surface area contributed by atoms with Crippen LogP contribution in [-0.2, 0) is 11.2 Å². The van der Waals surface area contributed by atoms with Gasteiger partial charge >= 0.3 is 5.97 Å². The third-order valence-corrected chi connectivity index (χ3v) is 4.33. The van der Waals surface area contributed by atoms with Crippen LogP contribution in [0.15, 0.2) is 24.4 Å². The van der Waals surface area contributed by atoms with E-state index in [1.165, 1.54) is 18.4 Å². The van der Waals surface area contributed by atoms with Crippen molar-refractivity contribution in [1.29, 1.82) is 0 Å². The number of hydrogen-bond acceptors (Lipinski definition) is 3. The lowest BCUT2D eigenvalue weighted by Gasteiger charge is -2.14. The molecule has 4 heteroatoms. The Balaban J connectivity index is 1.71. The lowest BCUT2D eigenvalue weighted by Crippen LogP contribution is -2.23. The van der Waals surface area contributed by atoms with Gasteiger partial charge in [-0.1, -0.05) is 6.92 Å². The minimum absolute atomic E-state index is 0.160. The van der Waals surface area contributed by atoms with Gasteiger partial charge in [0.1, 0.15) is 5.75 Å². The number of fused-ring (bicyclic) bond motifs is 1. The Kier molecular flexibility index (Phi) is 4.48. The summed E-state index contributed by atoms with van der Waals surface area (Å²) in [5, 5.41) is 1.16. The van der Waals surface area contributed by atoms with Crippen LogP contribution in [0.3, 0.4) is 0 Å². The van der Waals surface area contributed by atoms with Gasteiger partial charge in [-0.25, -0.2) is 0 Å². The number of benzene rings is 1. The first-order valence-electron chi connectivity index (χ1n) is 8.18. The van der Waals surface area contributed by atoms with Gasteiger partial charge in [-0.05, 0) is 56.5 Å². The number of nitrogens with one attached hydrogen (secondary N) is 1. The quantitative estimate of drug-likeness (QED) is 0.628. The van der Waals surface area contributed by atoms with Gasteiger partial charge < -0.3 is 14.6 Å². The first-order chi connectivity index (χ1) is 10.7. The van der Waals surface area contributed by atoms with E-state index in [9.17, 15) is 4.79 Å². The smallest absolute Gasteiger partial charge is 0.311 e. The van der Waals surface area contributed by atoms with Crippen molar-refractivity contribution < 1.29 is 9.53 Å². The summed E-state index contributed by atoms with van der Waals surface area (Å²) in [6.45, 7) is 3.04. The predicted molar refractivity (Wildman–Crippen MR) is 88.2 cm³/mol. The lowest BCUT2D eigenvalue weighted by molar-refractivity contribution is -0.134. The van der Waals surface area contributed by atoms with E-state index in [0.717, 1.165) is 36.3 Å². The molecule has 0 bridgehead atoms. The molecule has 1 aliphatic rings. The monoisotopic (exact) mass is 300 g/mol. The van der Waals surface area contributed by atoms with Crippen molar-refractivity contribution in [3.8, 4) is 5.75 Å². The highest BCUT2D eigenvalue weighted by Crippen LogP contribution is 2.27. The average molecular weight is 300 g/mol. The number of hydrogen-bond donors (Lipinski definition) is 1. The lowest BCUT2D eigenvalue weighted by atomic mass is 10.1. The molecule has 1 saturated carbocycles. The number of H-pyrrole nitrogens is 1. The molecule has 1 N–H and O–H groups in total. The van der Waals surface area contributed by atoms with Gasteiger partial charge in [0.2, 0.25) is 0 Å². The van der Waals surface area contributed by atoms with E-state index in [1.807, 2.05) is 25.1 Å². The second-order valence-corrected chi connectivity index (χ2v) is 6.21. The number of carbonyl (C=O) groups is 1. The van der Waals surface area contributed by atoms with E-state index in [-0.39, 0.29) is 5.97 Å². The summed E-state index contributed by atoms with van der Waals surface area (Å²) in [5.41, 5.74) is 2.38. The summed E-state index contributed by atoms with van der Waals surface area (Å²) < 4.78 is 5.40. The summed E-state index contributed by atoms with van der Waals surface area (Å²) in [7, 11) is 2.20. The average Bonchev–Trinajstić information content (AvgIpc) is 3.27. The number of ether oxygens (including phenoxy) is 1. The number of rotatable bonds is 7. The maximum absolute atomic E-state index is 11.6. The number of carbonyl (C=O) groups excluding carboxylic acids is 1. The summed E-state index contributed by atoms with van der Waals surface area (Å²) >= 11 is 0. The molecule has 0 radical (unpaired) electrons. The molecule has 0 spiro atoms. The van der Waals surface area contributed by atoms with Crippen molar-refractivity contribution in [3.63, 3.8) is 0 Å². The maximum atomic E-state index is 11.6. The van der Waals surface area contributed by atoms with Gasteiger partial charge in [0.25, 0.3) is 0 Å². The molecular formula is C18H24N2O2. The SMILES string of the molecule is CCCC(=O)Oc1ccc2[nH]cc(CCN(C)C3CC3)c2c1. The Labute approximate surface area is 131 Å². The molecule has 0 amide bonds. The van der Waals surface area contributed by atoms with Crippen molar-refractivity contribution in [2.45, 2.75) is 45.1 Å². The fourth-order valence-corrected chi connectivity index (χ4v) is 2.81. The van der Waals surface area contributed by atoms with E-state index in [1.54, 1.807) is 0 Å². The molecule has 1 aromatic carbocycles. The van der Waals surface area contributed by atoms with Crippen LogP contribution in [0.4, 0.5) is 0 Å². The molecule has 0 saturated heterocycles. The second kappa shape index (κ2) is 6.53. The Bertz CT molecular complexity index is 658. The van der Waals surface area contributed by atoms with Crippen LogP contribution in [0, 0.1) is 0 Å². The Morgan fingerprint density at radius 3 is 2.95 bits per heavy atom. The predicted octanol–water partition coefficient (Wildman–Crippen LogP) is 3.51. The fourth-order valence-electron chi connectivity index (χ4n) is 2.81. The molecule has 1 fully saturated rings. The molecule has 3 rings (SSSR count). The van der Waals surface area contributed by atoms with Gasteiger partial charge in [-0.15, -0.1) is 0 Å². The zero-order valence-electron chi connectivity index (χ0n) is 13.4. The number of aromatic nitrogens is 1. The van der Waals surface area contributed by atoms with Gasteiger partial charge in [-0.3, -0.25) is 4.79 Å². The minimum atomic E-state index is -0.160. The summed E-state index contributed by atoms with van der Waals surface area (Å²) in [5.74, 6) is 0.481. The van der Waals surface area contributed by atoms with Crippen LogP contribution in [0.1, 0.15) is 38.2 Å². The van der Waals surface area contributed by atoms with E-state index in [0.29, 0.717) is 12.2 Å². The summed E-state index contributed by atoms with van der Waals surface area (Å²) in [6.07, 6.45) is 7.03. The zero-order chi connectivity index (χ0) is 15.5. The Hall–Kier alpha value is -1.81. The van der Waals surface area contributed by atoms with Crippen molar-refractivity contribution in [1.82, 2.24) is 9.88 Å². The van der Waals surface area contributed by atoms with Crippen molar-refractivity contribution in [2.75, 3.05) is 13.6 Å². The van der Waals surface area contributed by atoms with Crippen LogP contribution in [0.25, 0.3) is 10.9 Å². The largest absolute Gasteiger partial charge is 0.427 e. The van der Waals surface area contributed by atoms with Crippen LogP contribution in [-0.4, -0.2) is 35.5 Å². The topological polar surface area (TPSA) is 45.3 Å². The van der Waals surface area contributed by atoms with Crippen LogP contribution in [0.2, 0.25) is 0 Å². The number of aromatic amines is 1. The maximum Gasteiger partial charge on any atom is 0.311 e. The van der Waals surface area contributed by atoms with Gasteiger partial charge in [0.15, 0.2) is 0 Å². The second-order valence-electron chi connectivity index (χ2n) is 6.21. The summed E-state index contributed by atoms with van der Waals surface area (Å²) in [6, 6.07) is 6.60. The summed E-state index contributed by atoms with van der Waals surface area (Å²) in [4.78, 5) is 17.4. The van der Waals surface area contributed by atoms with E-state index < -0.39 is 0 Å². The normalized spacial score (nSPS) is 14.7. The van der Waals surface area contributed by atoms with E-state index >= 15 is 0 Å². The molecule has 4 nitrogen and oxygen atoms in total. The standard InChI is InChI=1S/C18H24N2O2/c1-3-4-18(21)22-15-7-8-17-16(11-15)13(12-19-17)9-10-20(2)14-5-6-14/h7-8,11-12,14,19H,3-6,9-10H2,1-2H3. The van der Waals surface area contributed by atoms with Gasteiger partial charge in [0.05, 0.1) is 0 Å². The molecule has 1 aromatic heterocycles. The van der Waals surface area contributed by atoms with Crippen LogP contribution < -0.4 is 4.74 Å². The number of likely N-dealkylation sites (N-methyl/N-ethyl adjacent to an activating group) is 1. The highest BCUT2D eigenvalue weighted by molar-refractivity contribution is 5.85. The van der Waals surface area contributed by atoms with E-state index in [2.05, 4.69) is 23.1 Å². The molecule has 1 heterocycles. The molecule has 1 aliphatic carbocycles. The van der Waals surface area contributed by atoms with Gasteiger partial charge in [-0.2, -0.15) is 0 Å². The van der Waals surface area contributed by atoms with Crippen LogP contribution in [0.5, 0.6) is 5.75 Å². The first-order valence-corrected chi connectivity index (χ1v) is 8.18. The van der Waals surface area contributed by atoms with Crippen molar-refractivity contribution in [3.05, 3.63) is 30.0 Å². The molecular weight excluding hydrogens is 276 g/mol. The molecule has 0 aliphatic heterocycles. The van der Waals surface area contributed by atoms with Crippen LogP contribution >= 0.6 is 0 Å². The molecule has 2 aromatic rings. The highest BCUT2D eigenvalue weighted by atomic mass is 16.5. The first kappa shape index (κ1) is 15.1. The third-order valence-electron chi connectivity index (χ3n) is 4.33. The molecule has 22 heavy (non-hydrogen) atoms. The Morgan fingerprint density at radius 2 is 2.23 bits per heavy atom. The number of nitrogens with zero attached hydrogens (tertiary/aromatic N) is 1. The Morgan fingerprint density at radius 1 is 1.41 bits per heavy atom. The molecule has 118 valence electrons. The zero-order valence-corrected chi connectivity index (χ0v) is 13.4. The third kappa shape index (κ3) is 3.50. The molecule has 0 unspecified atom stereocenters. The number of esters is 1. The van der Waals surface area contributed by atoms with Crippen molar-refractivity contribution >= 4 is 16.9 Å². The van der Waals surface area contributed by atoms with Crippen molar-refractivity contribution in [2.24, 2.45) is 0 Å². The fraction of sp³-hybridized carbons (Fsp3) is 0.500. The highest BCUT2D eigenvalue weighted by Gasteiger charge is 2.25. The van der Waals surface area contributed by atoms with Gasteiger partial charge in [0, 0.05) is 36.1 Å². The minimum Gasteiger partial charge on any atom is -0.427 e.